The van der Waals surface area contributed by atoms with Gasteiger partial charge in [-0.15, -0.1) is 0 Å². The van der Waals surface area contributed by atoms with Gasteiger partial charge >= 0.3 is 5.97 Å². The summed E-state index contributed by atoms with van der Waals surface area (Å²) >= 11 is 0. The van der Waals surface area contributed by atoms with Crippen LogP contribution in [0.5, 0.6) is 0 Å². The van der Waals surface area contributed by atoms with Crippen LogP contribution in [0, 0.1) is 0 Å². The molecule has 0 aliphatic carbocycles. The molecule has 1 aromatic carbocycles. The van der Waals surface area contributed by atoms with E-state index in [1.54, 1.807) is 17.0 Å². The predicted molar refractivity (Wildman–Crippen MR) is 83.8 cm³/mol. The van der Waals surface area contributed by atoms with Crippen LogP contribution < -0.4 is 4.90 Å². The van der Waals surface area contributed by atoms with Gasteiger partial charge in [0, 0.05) is 37.4 Å². The quantitative estimate of drug-likeness (QED) is 0.799. The Labute approximate surface area is 126 Å². The van der Waals surface area contributed by atoms with Crippen LogP contribution in [-0.4, -0.2) is 48.1 Å². The van der Waals surface area contributed by atoms with E-state index in [-0.39, 0.29) is 18.9 Å². The molecule has 0 heterocycles. The number of carbonyl (C=O) groups excluding carboxylic acids is 1. The second kappa shape index (κ2) is 8.29. The highest BCUT2D eigenvalue weighted by Gasteiger charge is 2.15. The van der Waals surface area contributed by atoms with E-state index >= 15 is 0 Å². The molecule has 0 aliphatic heterocycles. The minimum Gasteiger partial charge on any atom is -0.481 e. The molecular formula is C16H24N2O3. The van der Waals surface area contributed by atoms with E-state index in [1.165, 1.54) is 0 Å². The number of nitrogens with zero attached hydrogens (tertiary/aromatic N) is 2. The highest BCUT2D eigenvalue weighted by atomic mass is 16.4. The first-order chi connectivity index (χ1) is 10.0. The van der Waals surface area contributed by atoms with Crippen LogP contribution in [0.25, 0.3) is 0 Å². The van der Waals surface area contributed by atoms with Gasteiger partial charge in [-0.05, 0) is 45.0 Å². The summed E-state index contributed by atoms with van der Waals surface area (Å²) in [4.78, 5) is 26.7. The molecule has 0 aliphatic rings. The zero-order valence-corrected chi connectivity index (χ0v) is 13.0. The molecule has 116 valence electrons. The summed E-state index contributed by atoms with van der Waals surface area (Å²) in [7, 11) is 0. The summed E-state index contributed by atoms with van der Waals surface area (Å²) in [5.41, 5.74) is 1.68. The maximum absolute atomic E-state index is 12.3. The van der Waals surface area contributed by atoms with Crippen molar-refractivity contribution in [1.82, 2.24) is 4.90 Å². The molecule has 0 bridgehead atoms. The fraction of sp³-hybridized carbons (Fsp3) is 0.500. The molecule has 21 heavy (non-hydrogen) atoms. The van der Waals surface area contributed by atoms with Gasteiger partial charge in [-0.2, -0.15) is 0 Å². The highest BCUT2D eigenvalue weighted by molar-refractivity contribution is 5.94. The van der Waals surface area contributed by atoms with Crippen LogP contribution in [0.3, 0.4) is 0 Å². The minimum absolute atomic E-state index is 0.0306. The maximum Gasteiger partial charge on any atom is 0.305 e. The lowest BCUT2D eigenvalue weighted by Crippen LogP contribution is -2.32. The smallest absolute Gasteiger partial charge is 0.305 e. The normalized spacial score (nSPS) is 10.2. The van der Waals surface area contributed by atoms with Crippen LogP contribution in [0.1, 0.15) is 37.6 Å². The molecule has 1 rings (SSSR count). The Morgan fingerprint density at radius 1 is 1.00 bits per heavy atom. The van der Waals surface area contributed by atoms with Crippen LogP contribution in [0.2, 0.25) is 0 Å². The molecule has 1 aromatic rings. The Morgan fingerprint density at radius 2 is 1.57 bits per heavy atom. The average Bonchev–Trinajstić information content (AvgIpc) is 2.49. The molecule has 5 heteroatoms. The van der Waals surface area contributed by atoms with Gasteiger partial charge in [0.1, 0.15) is 0 Å². The Morgan fingerprint density at radius 3 is 2.00 bits per heavy atom. The summed E-state index contributed by atoms with van der Waals surface area (Å²) < 4.78 is 0. The number of hydrogen-bond acceptors (Lipinski definition) is 3. The third-order valence-electron chi connectivity index (χ3n) is 3.51. The molecule has 0 unspecified atom stereocenters. The van der Waals surface area contributed by atoms with E-state index in [4.69, 9.17) is 5.11 Å². The van der Waals surface area contributed by atoms with Gasteiger partial charge < -0.3 is 14.9 Å². The molecule has 0 radical (unpaired) electrons. The van der Waals surface area contributed by atoms with Crippen molar-refractivity contribution in [3.05, 3.63) is 29.8 Å². The van der Waals surface area contributed by atoms with Gasteiger partial charge in [0.15, 0.2) is 0 Å². The second-order valence-electron chi connectivity index (χ2n) is 4.75. The van der Waals surface area contributed by atoms with E-state index in [0.717, 1.165) is 18.8 Å². The van der Waals surface area contributed by atoms with Gasteiger partial charge in [0.2, 0.25) is 0 Å². The average molecular weight is 292 g/mol. The highest BCUT2D eigenvalue weighted by Crippen LogP contribution is 2.16. The number of carbonyl (C=O) groups is 2. The Hall–Kier alpha value is -2.04. The zero-order chi connectivity index (χ0) is 15.8. The van der Waals surface area contributed by atoms with E-state index in [9.17, 15) is 9.59 Å². The second-order valence-corrected chi connectivity index (χ2v) is 4.75. The number of anilines is 1. The standard InChI is InChI=1S/C16H24N2O3/c1-4-17(5-2)14-9-7-13(8-10-14)16(21)18(6-3)12-11-15(19)20/h7-10H,4-6,11-12H2,1-3H3,(H,19,20). The van der Waals surface area contributed by atoms with Crippen molar-refractivity contribution in [2.24, 2.45) is 0 Å². The largest absolute Gasteiger partial charge is 0.481 e. The Bertz CT molecular complexity index is 467. The van der Waals surface area contributed by atoms with Gasteiger partial charge in [-0.1, -0.05) is 0 Å². The lowest BCUT2D eigenvalue weighted by atomic mass is 10.1. The number of rotatable bonds is 8. The summed E-state index contributed by atoms with van der Waals surface area (Å²) in [6.45, 7) is 8.62. The zero-order valence-electron chi connectivity index (χ0n) is 13.0. The Balaban J connectivity index is 2.79. The predicted octanol–water partition coefficient (Wildman–Crippen LogP) is 2.47. The molecule has 0 atom stereocenters. The molecule has 1 amide bonds. The van der Waals surface area contributed by atoms with Gasteiger partial charge in [-0.25, -0.2) is 0 Å². The lowest BCUT2D eigenvalue weighted by Gasteiger charge is -2.22. The number of amides is 1. The third-order valence-corrected chi connectivity index (χ3v) is 3.51. The van der Waals surface area contributed by atoms with Crippen LogP contribution in [-0.2, 0) is 4.79 Å². The maximum atomic E-state index is 12.3. The van der Waals surface area contributed by atoms with Crippen molar-refractivity contribution in [1.29, 1.82) is 0 Å². The summed E-state index contributed by atoms with van der Waals surface area (Å²) in [6.07, 6.45) is -0.0306. The Kier molecular flexibility index (Phi) is 6.72. The summed E-state index contributed by atoms with van der Waals surface area (Å²) in [5.74, 6) is -1.01. The number of carboxylic acids is 1. The van der Waals surface area contributed by atoms with Gasteiger partial charge in [0.25, 0.3) is 5.91 Å². The van der Waals surface area contributed by atoms with E-state index < -0.39 is 5.97 Å². The van der Waals surface area contributed by atoms with Crippen molar-refractivity contribution in [2.45, 2.75) is 27.2 Å². The molecule has 1 N–H and O–H groups in total. The minimum atomic E-state index is -0.891. The summed E-state index contributed by atoms with van der Waals surface area (Å²) in [5, 5.41) is 8.72. The van der Waals surface area contributed by atoms with E-state index in [2.05, 4.69) is 18.7 Å². The van der Waals surface area contributed by atoms with Crippen molar-refractivity contribution >= 4 is 17.6 Å². The number of aliphatic carboxylic acids is 1. The van der Waals surface area contributed by atoms with E-state index in [1.807, 2.05) is 19.1 Å². The van der Waals surface area contributed by atoms with Crippen molar-refractivity contribution < 1.29 is 14.7 Å². The first-order valence-electron chi connectivity index (χ1n) is 7.39. The van der Waals surface area contributed by atoms with Crippen molar-refractivity contribution in [3.8, 4) is 0 Å². The van der Waals surface area contributed by atoms with Gasteiger partial charge in [0.05, 0.1) is 6.42 Å². The van der Waals surface area contributed by atoms with Gasteiger partial charge in [-0.3, -0.25) is 9.59 Å². The monoisotopic (exact) mass is 292 g/mol. The number of benzene rings is 1. The molecule has 0 saturated heterocycles. The molecule has 0 fully saturated rings. The molecule has 0 spiro atoms. The SMILES string of the molecule is CCN(CCC(=O)O)C(=O)c1ccc(N(CC)CC)cc1. The van der Waals surface area contributed by atoms with Crippen molar-refractivity contribution in [2.75, 3.05) is 31.1 Å². The fourth-order valence-corrected chi connectivity index (χ4v) is 2.22. The number of hydrogen-bond donors (Lipinski definition) is 1. The third kappa shape index (κ3) is 4.77. The fourth-order valence-electron chi connectivity index (χ4n) is 2.22. The molecule has 0 aromatic heterocycles. The molecule has 0 saturated carbocycles. The van der Waals surface area contributed by atoms with E-state index in [0.29, 0.717) is 12.1 Å². The first-order valence-corrected chi connectivity index (χ1v) is 7.39. The molecule has 5 nitrogen and oxygen atoms in total. The number of carboxylic acid groups (broad SMARTS) is 1. The topological polar surface area (TPSA) is 60.9 Å². The summed E-state index contributed by atoms with van der Waals surface area (Å²) in [6, 6.07) is 7.48. The van der Waals surface area contributed by atoms with Crippen molar-refractivity contribution in [3.63, 3.8) is 0 Å². The lowest BCUT2D eigenvalue weighted by molar-refractivity contribution is -0.137. The molecular weight excluding hydrogens is 268 g/mol. The van der Waals surface area contributed by atoms with Crippen LogP contribution in [0.15, 0.2) is 24.3 Å². The first kappa shape index (κ1) is 17.0. The van der Waals surface area contributed by atoms with Crippen LogP contribution >= 0.6 is 0 Å². The van der Waals surface area contributed by atoms with Crippen LogP contribution in [0.4, 0.5) is 5.69 Å².